The second-order valence-corrected chi connectivity index (χ2v) is 8.44. The summed E-state index contributed by atoms with van der Waals surface area (Å²) in [5, 5.41) is 15.9. The Balaban J connectivity index is 1.58. The number of rotatable bonds is 4. The third-order valence-electron chi connectivity index (χ3n) is 5.67. The lowest BCUT2D eigenvalue weighted by Gasteiger charge is -2.37. The summed E-state index contributed by atoms with van der Waals surface area (Å²) in [5.41, 5.74) is 6.52. The van der Waals surface area contributed by atoms with Crippen LogP contribution < -0.4 is 16.1 Å². The molecule has 1 unspecified atom stereocenters. The van der Waals surface area contributed by atoms with Crippen LogP contribution in [0.3, 0.4) is 0 Å². The zero-order valence-electron chi connectivity index (χ0n) is 17.7. The standard InChI is InChI=1S/C21H28N6O3/c1-13-9-10-15(19-24-18(14(2)30-19)21(3,4)29)11-26(13)20(28)16-7-5-6-8-17(16)27-23-12-22-25-27/h5-8,12-13,15,25,29H,9-11H2,1-4H3,(H,22,23)/t13-,15?/m1/s1. The largest absolute Gasteiger partial charge is 0.445 e. The minimum atomic E-state index is -1.07. The van der Waals surface area contributed by atoms with Gasteiger partial charge in [0.05, 0.1) is 17.2 Å². The number of amides is 1. The summed E-state index contributed by atoms with van der Waals surface area (Å²) in [7, 11) is 0. The van der Waals surface area contributed by atoms with Crippen molar-refractivity contribution >= 4 is 17.9 Å². The van der Waals surface area contributed by atoms with Gasteiger partial charge in [-0.1, -0.05) is 12.1 Å². The van der Waals surface area contributed by atoms with Crippen LogP contribution in [0.25, 0.3) is 0 Å². The highest BCUT2D eigenvalue weighted by molar-refractivity contribution is 6.00. The lowest BCUT2D eigenvalue weighted by atomic mass is 9.92. The van der Waals surface area contributed by atoms with Gasteiger partial charge in [0.1, 0.15) is 23.4 Å². The van der Waals surface area contributed by atoms with Gasteiger partial charge < -0.3 is 14.4 Å². The Morgan fingerprint density at radius 1 is 1.30 bits per heavy atom. The molecule has 1 saturated heterocycles. The number of hydrogen-bond donors (Lipinski definition) is 3. The van der Waals surface area contributed by atoms with Crippen molar-refractivity contribution in [2.24, 2.45) is 5.10 Å². The number of hydrazone groups is 1. The maximum Gasteiger partial charge on any atom is 0.256 e. The summed E-state index contributed by atoms with van der Waals surface area (Å²) in [6.07, 6.45) is 3.24. The van der Waals surface area contributed by atoms with Gasteiger partial charge in [0.15, 0.2) is 5.89 Å². The zero-order valence-corrected chi connectivity index (χ0v) is 17.7. The highest BCUT2D eigenvalue weighted by atomic mass is 16.4. The number of piperidine rings is 1. The van der Waals surface area contributed by atoms with Crippen molar-refractivity contribution in [3.63, 3.8) is 0 Å². The van der Waals surface area contributed by atoms with E-state index in [2.05, 4.69) is 28.0 Å². The number of carbonyl (C=O) groups excluding carboxylic acids is 1. The van der Waals surface area contributed by atoms with Gasteiger partial charge in [-0.05, 0) is 52.7 Å². The van der Waals surface area contributed by atoms with E-state index in [1.807, 2.05) is 36.1 Å². The molecule has 2 atom stereocenters. The third-order valence-corrected chi connectivity index (χ3v) is 5.67. The maximum absolute atomic E-state index is 13.5. The molecule has 9 heteroatoms. The second-order valence-electron chi connectivity index (χ2n) is 8.44. The molecule has 1 aromatic heterocycles. The molecule has 0 saturated carbocycles. The number of nitrogens with one attached hydrogen (secondary N) is 2. The lowest BCUT2D eigenvalue weighted by molar-refractivity contribution is 0.0595. The molecule has 4 rings (SSSR count). The summed E-state index contributed by atoms with van der Waals surface area (Å²) < 4.78 is 5.90. The van der Waals surface area contributed by atoms with Crippen LogP contribution in [-0.2, 0) is 5.60 Å². The molecule has 2 aliphatic heterocycles. The summed E-state index contributed by atoms with van der Waals surface area (Å²) in [5.74, 6) is 1.13. The van der Waals surface area contributed by atoms with Crippen molar-refractivity contribution in [2.45, 2.75) is 58.1 Å². The third kappa shape index (κ3) is 3.72. The first-order valence-corrected chi connectivity index (χ1v) is 10.2. The van der Waals surface area contributed by atoms with E-state index in [9.17, 15) is 9.90 Å². The molecule has 9 nitrogen and oxygen atoms in total. The molecule has 2 aliphatic rings. The van der Waals surface area contributed by atoms with Crippen molar-refractivity contribution in [1.29, 1.82) is 0 Å². The molecular weight excluding hydrogens is 384 g/mol. The number of nitrogens with zero attached hydrogens (tertiary/aromatic N) is 4. The normalized spacial score (nSPS) is 21.5. The van der Waals surface area contributed by atoms with Crippen molar-refractivity contribution in [1.82, 2.24) is 20.8 Å². The molecule has 0 bridgehead atoms. The number of anilines is 1. The molecule has 1 amide bonds. The van der Waals surface area contributed by atoms with E-state index >= 15 is 0 Å². The van der Waals surface area contributed by atoms with Gasteiger partial charge in [-0.2, -0.15) is 10.7 Å². The molecule has 0 aliphatic carbocycles. The number of hydrogen-bond acceptors (Lipinski definition) is 8. The van der Waals surface area contributed by atoms with E-state index in [1.54, 1.807) is 19.0 Å². The van der Waals surface area contributed by atoms with Gasteiger partial charge in [-0.3, -0.25) is 10.2 Å². The van der Waals surface area contributed by atoms with Crippen molar-refractivity contribution < 1.29 is 14.3 Å². The number of hydrazine groups is 2. The van der Waals surface area contributed by atoms with Crippen molar-refractivity contribution in [2.75, 3.05) is 11.7 Å². The molecule has 2 aromatic rings. The number of aromatic nitrogens is 1. The fourth-order valence-electron chi connectivity index (χ4n) is 4.08. The fraction of sp³-hybridized carbons (Fsp3) is 0.476. The Kier molecular flexibility index (Phi) is 5.15. The Morgan fingerprint density at radius 3 is 2.73 bits per heavy atom. The summed E-state index contributed by atoms with van der Waals surface area (Å²) >= 11 is 0. The van der Waals surface area contributed by atoms with Crippen LogP contribution in [0.1, 0.15) is 67.2 Å². The highest BCUT2D eigenvalue weighted by Crippen LogP contribution is 2.34. The molecule has 0 spiro atoms. The number of oxazole rings is 1. The van der Waals surface area contributed by atoms with E-state index in [0.717, 1.165) is 12.8 Å². The summed E-state index contributed by atoms with van der Waals surface area (Å²) in [4.78, 5) is 20.0. The van der Waals surface area contributed by atoms with Crippen LogP contribution in [-0.4, -0.2) is 39.8 Å². The second kappa shape index (κ2) is 7.64. The van der Waals surface area contributed by atoms with E-state index in [4.69, 9.17) is 4.42 Å². The highest BCUT2D eigenvalue weighted by Gasteiger charge is 2.35. The summed E-state index contributed by atoms with van der Waals surface area (Å²) in [6.45, 7) is 7.78. The van der Waals surface area contributed by atoms with E-state index in [-0.39, 0.29) is 17.9 Å². The number of para-hydroxylation sites is 1. The van der Waals surface area contributed by atoms with Gasteiger partial charge >= 0.3 is 0 Å². The molecular formula is C21H28N6O3. The first-order chi connectivity index (χ1) is 14.3. The average Bonchev–Trinajstić information content (AvgIpc) is 3.37. The fourth-order valence-corrected chi connectivity index (χ4v) is 4.08. The van der Waals surface area contributed by atoms with E-state index in [1.165, 1.54) is 6.34 Å². The maximum atomic E-state index is 13.5. The Labute approximate surface area is 175 Å². The average molecular weight is 412 g/mol. The number of aryl methyl sites for hydroxylation is 1. The Bertz CT molecular complexity index is 956. The van der Waals surface area contributed by atoms with Crippen LogP contribution in [0, 0.1) is 6.92 Å². The van der Waals surface area contributed by atoms with Crippen molar-refractivity contribution in [3.05, 3.63) is 47.2 Å². The Hall–Kier alpha value is -3.07. The minimum absolute atomic E-state index is 0.0153. The SMILES string of the molecule is Cc1oc(C2CC[C@@H](C)N(C(=O)c3ccccc3N3NC=NN3)C2)nc1C(C)(C)O. The topological polar surface area (TPSA) is 106 Å². The van der Waals surface area contributed by atoms with Gasteiger partial charge in [-0.25, -0.2) is 4.98 Å². The van der Waals surface area contributed by atoms with Gasteiger partial charge in [0.2, 0.25) is 0 Å². The van der Waals surface area contributed by atoms with Crippen LogP contribution in [0.2, 0.25) is 0 Å². The summed E-state index contributed by atoms with van der Waals surface area (Å²) in [6, 6.07) is 7.51. The van der Waals surface area contributed by atoms with Crippen molar-refractivity contribution in [3.8, 4) is 0 Å². The number of likely N-dealkylation sites (tertiary alicyclic amines) is 1. The quantitative estimate of drug-likeness (QED) is 0.708. The van der Waals surface area contributed by atoms with Crippen LogP contribution in [0.4, 0.5) is 5.69 Å². The minimum Gasteiger partial charge on any atom is -0.445 e. The molecule has 160 valence electrons. The van der Waals surface area contributed by atoms with E-state index in [0.29, 0.717) is 35.1 Å². The first kappa shape index (κ1) is 20.2. The van der Waals surface area contributed by atoms with Gasteiger partial charge in [-0.15, -0.1) is 5.10 Å². The molecule has 3 N–H and O–H groups in total. The molecule has 1 fully saturated rings. The first-order valence-electron chi connectivity index (χ1n) is 10.2. The van der Waals surface area contributed by atoms with Crippen LogP contribution in [0.5, 0.6) is 0 Å². The molecule has 0 radical (unpaired) electrons. The number of aliphatic hydroxyl groups is 1. The monoisotopic (exact) mass is 412 g/mol. The van der Waals surface area contributed by atoms with E-state index < -0.39 is 5.60 Å². The zero-order chi connectivity index (χ0) is 21.5. The van der Waals surface area contributed by atoms with Gasteiger partial charge in [0, 0.05) is 12.6 Å². The predicted molar refractivity (Wildman–Crippen MR) is 113 cm³/mol. The Morgan fingerprint density at radius 2 is 2.07 bits per heavy atom. The van der Waals surface area contributed by atoms with Gasteiger partial charge in [0.25, 0.3) is 5.91 Å². The lowest BCUT2D eigenvalue weighted by Crippen LogP contribution is -2.46. The number of benzene rings is 1. The molecule has 3 heterocycles. The number of carbonyl (C=O) groups is 1. The van der Waals surface area contributed by atoms with Crippen LogP contribution in [0.15, 0.2) is 33.8 Å². The molecule has 30 heavy (non-hydrogen) atoms. The smallest absolute Gasteiger partial charge is 0.256 e. The molecule has 1 aromatic carbocycles. The predicted octanol–water partition coefficient (Wildman–Crippen LogP) is 2.39. The van der Waals surface area contributed by atoms with Crippen LogP contribution >= 0.6 is 0 Å².